The van der Waals surface area contributed by atoms with Crippen LogP contribution in [0.25, 0.3) is 0 Å². The van der Waals surface area contributed by atoms with E-state index in [1.54, 1.807) is 0 Å². The van der Waals surface area contributed by atoms with E-state index in [1.165, 1.54) is 32.2 Å². The third kappa shape index (κ3) is 1.41. The number of rotatable bonds is 2. The molecule has 2 heterocycles. The fraction of sp³-hybridized carbons (Fsp3) is 0.909. The minimum absolute atomic E-state index is 0.513. The summed E-state index contributed by atoms with van der Waals surface area (Å²) in [6.45, 7) is 1.29. The first-order valence-electron chi connectivity index (χ1n) is 5.60. The number of fused-ring (bicyclic) bond motifs is 2. The summed E-state index contributed by atoms with van der Waals surface area (Å²) in [5.74, 6) is 1.50. The Morgan fingerprint density at radius 2 is 1.69 bits per heavy atom. The van der Waals surface area contributed by atoms with Gasteiger partial charge in [-0.3, -0.25) is 9.69 Å². The largest absolute Gasteiger partial charge is 0.300 e. The molecule has 2 nitrogen and oxygen atoms in total. The van der Waals surface area contributed by atoms with Gasteiger partial charge in [-0.1, -0.05) is 0 Å². The first-order chi connectivity index (χ1) is 6.33. The zero-order valence-electron chi connectivity index (χ0n) is 8.04. The van der Waals surface area contributed by atoms with E-state index in [2.05, 4.69) is 4.90 Å². The molecular formula is C11H17NO. The number of carbonyl (C=O) groups is 1. The third-order valence-electron chi connectivity index (χ3n) is 3.86. The molecule has 2 bridgehead atoms. The number of ketones is 1. The summed E-state index contributed by atoms with van der Waals surface area (Å²) >= 11 is 0. The van der Waals surface area contributed by atoms with Gasteiger partial charge in [-0.2, -0.15) is 0 Å². The summed E-state index contributed by atoms with van der Waals surface area (Å²) in [6.07, 6.45) is 7.13. The molecule has 2 atom stereocenters. The molecule has 72 valence electrons. The number of carbonyl (C=O) groups excluding carboxylic acids is 1. The molecule has 2 aliphatic heterocycles. The second-order valence-electron chi connectivity index (χ2n) is 4.97. The molecule has 3 aliphatic rings. The number of hydrogen-bond acceptors (Lipinski definition) is 2. The van der Waals surface area contributed by atoms with E-state index in [4.69, 9.17) is 0 Å². The predicted molar refractivity (Wildman–Crippen MR) is 50.5 cm³/mol. The van der Waals surface area contributed by atoms with Crippen LogP contribution in [0.4, 0.5) is 0 Å². The van der Waals surface area contributed by atoms with Crippen molar-refractivity contribution < 1.29 is 4.79 Å². The molecule has 0 aromatic carbocycles. The van der Waals surface area contributed by atoms with Gasteiger partial charge in [0.15, 0.2) is 0 Å². The van der Waals surface area contributed by atoms with E-state index in [0.29, 0.717) is 17.9 Å². The lowest BCUT2D eigenvalue weighted by molar-refractivity contribution is -0.123. The zero-order chi connectivity index (χ0) is 8.84. The van der Waals surface area contributed by atoms with Crippen LogP contribution in [0.3, 0.4) is 0 Å². The maximum Gasteiger partial charge on any atom is 0.136 e. The van der Waals surface area contributed by atoms with Crippen molar-refractivity contribution in [3.8, 4) is 0 Å². The van der Waals surface area contributed by atoms with E-state index < -0.39 is 0 Å². The average molecular weight is 179 g/mol. The fourth-order valence-electron chi connectivity index (χ4n) is 2.96. The zero-order valence-corrected chi connectivity index (χ0v) is 8.04. The Labute approximate surface area is 79.3 Å². The molecule has 2 saturated heterocycles. The van der Waals surface area contributed by atoms with Gasteiger partial charge in [0.25, 0.3) is 0 Å². The highest BCUT2D eigenvalue weighted by Crippen LogP contribution is 2.38. The molecule has 0 aromatic rings. The maximum atomic E-state index is 11.3. The molecule has 3 fully saturated rings. The Kier molecular flexibility index (Phi) is 1.72. The molecule has 1 saturated carbocycles. The van der Waals surface area contributed by atoms with Crippen LogP contribution in [0.2, 0.25) is 0 Å². The summed E-state index contributed by atoms with van der Waals surface area (Å²) in [4.78, 5) is 14.0. The van der Waals surface area contributed by atoms with Crippen LogP contribution in [-0.2, 0) is 4.79 Å². The van der Waals surface area contributed by atoms with Gasteiger partial charge in [0.1, 0.15) is 5.78 Å². The van der Waals surface area contributed by atoms with Gasteiger partial charge < -0.3 is 0 Å². The highest BCUT2D eigenvalue weighted by molar-refractivity contribution is 5.80. The van der Waals surface area contributed by atoms with Crippen molar-refractivity contribution in [1.29, 1.82) is 0 Å². The van der Waals surface area contributed by atoms with Crippen molar-refractivity contribution in [3.63, 3.8) is 0 Å². The smallest absolute Gasteiger partial charge is 0.136 e. The van der Waals surface area contributed by atoms with Crippen molar-refractivity contribution in [2.75, 3.05) is 6.54 Å². The molecule has 0 radical (unpaired) electrons. The molecule has 0 amide bonds. The summed E-state index contributed by atoms with van der Waals surface area (Å²) in [5.41, 5.74) is 0. The van der Waals surface area contributed by atoms with E-state index in [0.717, 1.165) is 18.8 Å². The highest BCUT2D eigenvalue weighted by Gasteiger charge is 2.41. The van der Waals surface area contributed by atoms with Crippen LogP contribution < -0.4 is 0 Å². The second kappa shape index (κ2) is 2.81. The quantitative estimate of drug-likeness (QED) is 0.641. The van der Waals surface area contributed by atoms with E-state index in [1.807, 2.05) is 0 Å². The van der Waals surface area contributed by atoms with Crippen LogP contribution in [-0.4, -0.2) is 29.3 Å². The van der Waals surface area contributed by atoms with Crippen LogP contribution in [0.5, 0.6) is 0 Å². The minimum Gasteiger partial charge on any atom is -0.300 e. The van der Waals surface area contributed by atoms with Crippen molar-refractivity contribution in [1.82, 2.24) is 4.90 Å². The third-order valence-corrected chi connectivity index (χ3v) is 3.86. The molecule has 2 heteroatoms. The van der Waals surface area contributed by atoms with Gasteiger partial charge in [-0.05, 0) is 31.6 Å². The summed E-state index contributed by atoms with van der Waals surface area (Å²) in [6, 6.07) is 1.26. The average Bonchev–Trinajstić information content (AvgIpc) is 2.83. The van der Waals surface area contributed by atoms with Gasteiger partial charge >= 0.3 is 0 Å². The number of Topliss-reactive ketones (excluding diaryl/α,β-unsaturated/α-hetero) is 1. The van der Waals surface area contributed by atoms with Crippen molar-refractivity contribution in [2.24, 2.45) is 5.92 Å². The topological polar surface area (TPSA) is 20.3 Å². The van der Waals surface area contributed by atoms with Gasteiger partial charge in [-0.15, -0.1) is 0 Å². The molecule has 1 aliphatic carbocycles. The van der Waals surface area contributed by atoms with Crippen LogP contribution in [0, 0.1) is 5.92 Å². The van der Waals surface area contributed by atoms with Gasteiger partial charge in [0.05, 0.1) is 0 Å². The van der Waals surface area contributed by atoms with Gasteiger partial charge in [-0.25, -0.2) is 0 Å². The Bertz CT molecular complexity index is 218. The normalized spacial score (nSPS) is 39.8. The molecule has 13 heavy (non-hydrogen) atoms. The predicted octanol–water partition coefficient (Wildman–Crippen LogP) is 1.59. The molecular weight excluding hydrogens is 162 g/mol. The molecule has 0 N–H and O–H groups in total. The van der Waals surface area contributed by atoms with Crippen molar-refractivity contribution >= 4 is 5.78 Å². The number of hydrogen-bond donors (Lipinski definition) is 0. The fourth-order valence-corrected chi connectivity index (χ4v) is 2.96. The first-order valence-corrected chi connectivity index (χ1v) is 5.60. The molecule has 0 aromatic heterocycles. The highest BCUT2D eigenvalue weighted by atomic mass is 16.1. The van der Waals surface area contributed by atoms with E-state index in [9.17, 15) is 4.79 Å². The lowest BCUT2D eigenvalue weighted by Gasteiger charge is -2.33. The standard InChI is InChI=1S/C11H17NO/c13-11-5-9-3-4-10(6-11)12(9)7-8-1-2-8/h8-10H,1-7H2/t9-,10+. The van der Waals surface area contributed by atoms with E-state index >= 15 is 0 Å². The Hall–Kier alpha value is -0.370. The number of nitrogens with zero attached hydrogens (tertiary/aromatic N) is 1. The monoisotopic (exact) mass is 179 g/mol. The van der Waals surface area contributed by atoms with Gasteiger partial charge in [0.2, 0.25) is 0 Å². The SMILES string of the molecule is O=C1C[C@H]2CC[C@@H](C1)N2CC1CC1. The lowest BCUT2D eigenvalue weighted by Crippen LogP contribution is -2.44. The first kappa shape index (κ1) is 7.98. The van der Waals surface area contributed by atoms with Crippen LogP contribution in [0.15, 0.2) is 0 Å². The molecule has 3 rings (SSSR count). The van der Waals surface area contributed by atoms with Crippen molar-refractivity contribution in [2.45, 2.75) is 50.6 Å². The Morgan fingerprint density at radius 3 is 2.23 bits per heavy atom. The summed E-state index contributed by atoms with van der Waals surface area (Å²) < 4.78 is 0. The maximum absolute atomic E-state index is 11.3. The van der Waals surface area contributed by atoms with Crippen molar-refractivity contribution in [3.05, 3.63) is 0 Å². The van der Waals surface area contributed by atoms with Crippen LogP contribution >= 0.6 is 0 Å². The Balaban J connectivity index is 1.70. The molecule has 0 unspecified atom stereocenters. The summed E-state index contributed by atoms with van der Waals surface area (Å²) in [7, 11) is 0. The second-order valence-corrected chi connectivity index (χ2v) is 4.97. The van der Waals surface area contributed by atoms with Crippen LogP contribution in [0.1, 0.15) is 38.5 Å². The number of piperidine rings is 1. The summed E-state index contributed by atoms with van der Waals surface area (Å²) in [5, 5.41) is 0. The van der Waals surface area contributed by atoms with Gasteiger partial charge in [0, 0.05) is 31.5 Å². The molecule has 0 spiro atoms. The lowest BCUT2D eigenvalue weighted by atomic mass is 10.0. The van der Waals surface area contributed by atoms with E-state index in [-0.39, 0.29) is 0 Å². The Morgan fingerprint density at radius 1 is 1.08 bits per heavy atom. The minimum atomic E-state index is 0.513.